The van der Waals surface area contributed by atoms with Crippen molar-refractivity contribution in [2.24, 2.45) is 0 Å². The first-order valence-corrected chi connectivity index (χ1v) is 7.02. The second kappa shape index (κ2) is 6.02. The highest BCUT2D eigenvalue weighted by Gasteiger charge is 2.26. The van der Waals surface area contributed by atoms with Crippen LogP contribution >= 0.6 is 0 Å². The Morgan fingerprint density at radius 1 is 1.45 bits per heavy atom. The van der Waals surface area contributed by atoms with Crippen LogP contribution in [0, 0.1) is 0 Å². The van der Waals surface area contributed by atoms with Crippen LogP contribution in [0.5, 0.6) is 0 Å². The van der Waals surface area contributed by atoms with E-state index >= 15 is 0 Å². The molecule has 1 aliphatic carbocycles. The van der Waals surface area contributed by atoms with Gasteiger partial charge in [0.1, 0.15) is 6.04 Å². The van der Waals surface area contributed by atoms with E-state index in [4.69, 9.17) is 5.11 Å². The fraction of sp³-hybridized carbons (Fsp3) is 0.692. The van der Waals surface area contributed by atoms with Gasteiger partial charge in [0.2, 0.25) is 5.91 Å². The van der Waals surface area contributed by atoms with Gasteiger partial charge in [-0.2, -0.15) is 0 Å². The molecule has 1 aliphatic rings. The number of nitrogens with zero attached hydrogens (tertiary/aromatic N) is 3. The van der Waals surface area contributed by atoms with E-state index in [9.17, 15) is 9.59 Å². The summed E-state index contributed by atoms with van der Waals surface area (Å²) >= 11 is 0. The summed E-state index contributed by atoms with van der Waals surface area (Å²) in [4.78, 5) is 23.2. The Morgan fingerprint density at radius 3 is 2.65 bits per heavy atom. The molecule has 1 heterocycles. The normalized spacial score (nSPS) is 17.1. The van der Waals surface area contributed by atoms with Gasteiger partial charge in [-0.25, -0.2) is 9.48 Å². The van der Waals surface area contributed by atoms with Crippen LogP contribution in [0.1, 0.15) is 61.8 Å². The minimum atomic E-state index is -1.11. The molecule has 7 heteroatoms. The van der Waals surface area contributed by atoms with E-state index in [1.54, 1.807) is 6.92 Å². The lowest BCUT2D eigenvalue weighted by Gasteiger charge is -2.18. The predicted octanol–water partition coefficient (Wildman–Crippen LogP) is 1.16. The summed E-state index contributed by atoms with van der Waals surface area (Å²) in [7, 11) is 0. The third kappa shape index (κ3) is 2.81. The molecule has 0 bridgehead atoms. The van der Waals surface area contributed by atoms with Crippen LogP contribution in [0.3, 0.4) is 0 Å². The van der Waals surface area contributed by atoms with E-state index < -0.39 is 12.0 Å². The Kier molecular flexibility index (Phi) is 4.36. The third-order valence-electron chi connectivity index (χ3n) is 3.78. The fourth-order valence-corrected chi connectivity index (χ4v) is 2.62. The van der Waals surface area contributed by atoms with Crippen LogP contribution < -0.4 is 5.32 Å². The Bertz CT molecular complexity index is 506. The van der Waals surface area contributed by atoms with Gasteiger partial charge in [-0.05, 0) is 26.2 Å². The quantitative estimate of drug-likeness (QED) is 0.843. The molecule has 1 aromatic rings. The lowest BCUT2D eigenvalue weighted by molar-refractivity contribution is -0.124. The summed E-state index contributed by atoms with van der Waals surface area (Å²) in [6, 6.07) is -0.316. The molecule has 1 aromatic heterocycles. The number of aromatic nitrogens is 3. The second-order valence-electron chi connectivity index (χ2n) is 5.15. The molecule has 110 valence electrons. The monoisotopic (exact) mass is 280 g/mol. The molecule has 1 unspecified atom stereocenters. The van der Waals surface area contributed by atoms with Gasteiger partial charge in [0.05, 0.1) is 5.69 Å². The zero-order valence-corrected chi connectivity index (χ0v) is 11.8. The Labute approximate surface area is 117 Å². The Hall–Kier alpha value is -1.92. The molecule has 7 nitrogen and oxygen atoms in total. The number of nitrogens with one attached hydrogen (secondary N) is 1. The van der Waals surface area contributed by atoms with Crippen LogP contribution in [-0.2, 0) is 11.2 Å². The zero-order valence-electron chi connectivity index (χ0n) is 11.8. The first-order chi connectivity index (χ1) is 9.54. The van der Waals surface area contributed by atoms with E-state index in [-0.39, 0.29) is 17.6 Å². The molecule has 0 spiro atoms. The molecule has 1 amide bonds. The van der Waals surface area contributed by atoms with Crippen LogP contribution in [0.4, 0.5) is 0 Å². The van der Waals surface area contributed by atoms with Crippen molar-refractivity contribution in [3.05, 3.63) is 11.4 Å². The number of amides is 1. The lowest BCUT2D eigenvalue weighted by Crippen LogP contribution is -2.38. The van der Waals surface area contributed by atoms with Gasteiger partial charge in [0.15, 0.2) is 5.69 Å². The summed E-state index contributed by atoms with van der Waals surface area (Å²) in [5.74, 6) is -1.25. The van der Waals surface area contributed by atoms with Gasteiger partial charge < -0.3 is 10.4 Å². The van der Waals surface area contributed by atoms with Crippen molar-refractivity contribution in [1.82, 2.24) is 20.3 Å². The largest absolute Gasteiger partial charge is 0.476 e. The molecule has 1 fully saturated rings. The van der Waals surface area contributed by atoms with E-state index in [0.29, 0.717) is 12.1 Å². The van der Waals surface area contributed by atoms with Crippen molar-refractivity contribution in [1.29, 1.82) is 0 Å². The number of aromatic carboxylic acids is 1. The molecule has 1 atom stereocenters. The van der Waals surface area contributed by atoms with Gasteiger partial charge in [-0.1, -0.05) is 25.0 Å². The number of carboxylic acid groups (broad SMARTS) is 1. The fourth-order valence-electron chi connectivity index (χ4n) is 2.62. The van der Waals surface area contributed by atoms with Crippen molar-refractivity contribution < 1.29 is 14.7 Å². The summed E-state index contributed by atoms with van der Waals surface area (Å²) in [6.45, 7) is 3.53. The van der Waals surface area contributed by atoms with Gasteiger partial charge in [-0.3, -0.25) is 4.79 Å². The molecule has 0 aromatic carbocycles. The average molecular weight is 280 g/mol. The van der Waals surface area contributed by atoms with Crippen molar-refractivity contribution >= 4 is 11.9 Å². The standard InChI is InChI=1S/C13H20N4O3/c1-3-10-11(13(19)20)15-16-17(10)8(2)12(18)14-9-6-4-5-7-9/h8-9H,3-7H2,1-2H3,(H,14,18)(H,19,20). The first-order valence-electron chi connectivity index (χ1n) is 7.02. The molecule has 2 rings (SSSR count). The molecular weight excluding hydrogens is 260 g/mol. The minimum absolute atomic E-state index is 0.0759. The van der Waals surface area contributed by atoms with Gasteiger partial charge in [0, 0.05) is 6.04 Å². The maximum absolute atomic E-state index is 12.2. The maximum Gasteiger partial charge on any atom is 0.358 e. The summed E-state index contributed by atoms with van der Waals surface area (Å²) in [5.41, 5.74) is 0.402. The van der Waals surface area contributed by atoms with E-state index in [1.165, 1.54) is 4.68 Å². The van der Waals surface area contributed by atoms with Crippen molar-refractivity contribution in [2.45, 2.75) is 58.0 Å². The topological polar surface area (TPSA) is 97.1 Å². The van der Waals surface area contributed by atoms with Crippen LogP contribution in [0.15, 0.2) is 0 Å². The SMILES string of the molecule is CCc1c(C(=O)O)nnn1C(C)C(=O)NC1CCCC1. The number of hydrogen-bond acceptors (Lipinski definition) is 4. The molecule has 1 saturated carbocycles. The number of hydrogen-bond donors (Lipinski definition) is 2. The van der Waals surface area contributed by atoms with Gasteiger partial charge >= 0.3 is 5.97 Å². The molecule has 0 radical (unpaired) electrons. The number of rotatable bonds is 5. The molecule has 20 heavy (non-hydrogen) atoms. The van der Waals surface area contributed by atoms with Crippen molar-refractivity contribution in [3.8, 4) is 0 Å². The highest BCUT2D eigenvalue weighted by molar-refractivity contribution is 5.87. The van der Waals surface area contributed by atoms with Gasteiger partial charge in [0.25, 0.3) is 0 Å². The highest BCUT2D eigenvalue weighted by Crippen LogP contribution is 2.19. The van der Waals surface area contributed by atoms with Gasteiger partial charge in [-0.15, -0.1) is 5.10 Å². The molecule has 2 N–H and O–H groups in total. The van der Waals surface area contributed by atoms with Crippen LogP contribution in [0.2, 0.25) is 0 Å². The minimum Gasteiger partial charge on any atom is -0.476 e. The summed E-state index contributed by atoms with van der Waals surface area (Å²) < 4.78 is 1.41. The second-order valence-corrected chi connectivity index (χ2v) is 5.15. The number of carboxylic acids is 1. The molecule has 0 saturated heterocycles. The number of carbonyl (C=O) groups is 2. The summed E-state index contributed by atoms with van der Waals surface area (Å²) in [5, 5.41) is 19.5. The first kappa shape index (κ1) is 14.5. The Morgan fingerprint density at radius 2 is 2.10 bits per heavy atom. The third-order valence-corrected chi connectivity index (χ3v) is 3.78. The number of carbonyl (C=O) groups excluding carboxylic acids is 1. The zero-order chi connectivity index (χ0) is 14.7. The van der Waals surface area contributed by atoms with Crippen molar-refractivity contribution in [3.63, 3.8) is 0 Å². The van der Waals surface area contributed by atoms with E-state index in [0.717, 1.165) is 25.7 Å². The molecule has 0 aliphatic heterocycles. The van der Waals surface area contributed by atoms with E-state index in [2.05, 4.69) is 15.6 Å². The van der Waals surface area contributed by atoms with Crippen LogP contribution in [-0.4, -0.2) is 38.0 Å². The summed E-state index contributed by atoms with van der Waals surface area (Å²) in [6.07, 6.45) is 4.78. The predicted molar refractivity (Wildman–Crippen MR) is 71.5 cm³/mol. The maximum atomic E-state index is 12.2. The average Bonchev–Trinajstić information content (AvgIpc) is 3.05. The Balaban J connectivity index is 2.13. The smallest absolute Gasteiger partial charge is 0.358 e. The molecular formula is C13H20N4O3. The highest BCUT2D eigenvalue weighted by atomic mass is 16.4. The lowest BCUT2D eigenvalue weighted by atomic mass is 10.2. The van der Waals surface area contributed by atoms with E-state index in [1.807, 2.05) is 6.92 Å². The van der Waals surface area contributed by atoms with Crippen molar-refractivity contribution in [2.75, 3.05) is 0 Å². The van der Waals surface area contributed by atoms with Crippen LogP contribution in [0.25, 0.3) is 0 Å².